The van der Waals surface area contributed by atoms with E-state index >= 15 is 0 Å². The summed E-state index contributed by atoms with van der Waals surface area (Å²) >= 11 is 0. The number of nitrogen functional groups attached to an aromatic ring is 1. The van der Waals surface area contributed by atoms with E-state index in [2.05, 4.69) is 5.32 Å². The van der Waals surface area contributed by atoms with E-state index < -0.39 is 10.9 Å². The molecule has 5 heteroatoms. The maximum atomic E-state index is 11.3. The number of nitrogens with one attached hydrogen (secondary N) is 1. The minimum absolute atomic E-state index is 0.0158. The van der Waals surface area contributed by atoms with Crippen LogP contribution in [0.2, 0.25) is 0 Å². The second kappa shape index (κ2) is 4.76. The van der Waals surface area contributed by atoms with E-state index in [1.807, 2.05) is 32.0 Å². The molecule has 0 aliphatic heterocycles. The molecule has 0 saturated carbocycles. The summed E-state index contributed by atoms with van der Waals surface area (Å²) in [4.78, 5) is 22.4. The van der Waals surface area contributed by atoms with Gasteiger partial charge in [0, 0.05) is 6.04 Å². The molecular weight excluding hydrogens is 244 g/mol. The Labute approximate surface area is 110 Å². The Bertz CT molecular complexity index is 684. The highest BCUT2D eigenvalue weighted by molar-refractivity contribution is 5.71. The van der Waals surface area contributed by atoms with Crippen molar-refractivity contribution in [2.75, 3.05) is 18.2 Å². The first-order valence-electron chi connectivity index (χ1n) is 5.95. The van der Waals surface area contributed by atoms with Crippen LogP contribution in [0.15, 0.2) is 27.8 Å². The fourth-order valence-corrected chi connectivity index (χ4v) is 2.02. The summed E-state index contributed by atoms with van der Waals surface area (Å²) in [6, 6.07) is 5.63. The molecule has 0 fully saturated rings. The number of methoxy groups -OCH3 is 1. The van der Waals surface area contributed by atoms with Crippen molar-refractivity contribution in [2.24, 2.45) is 0 Å². The molecule has 2 aromatic rings. The van der Waals surface area contributed by atoms with Gasteiger partial charge in [-0.05, 0) is 31.0 Å². The molecule has 0 unspecified atom stereocenters. The molecule has 2 rings (SSSR count). The molecule has 100 valence electrons. The molecule has 0 radical (unpaired) electrons. The van der Waals surface area contributed by atoms with Gasteiger partial charge in [-0.3, -0.25) is 9.59 Å². The Morgan fingerprint density at radius 1 is 1.26 bits per heavy atom. The van der Waals surface area contributed by atoms with Gasteiger partial charge in [0.15, 0.2) is 0 Å². The largest absolute Gasteiger partial charge is 0.496 e. The molecule has 0 spiro atoms. The van der Waals surface area contributed by atoms with Gasteiger partial charge < -0.3 is 15.8 Å². The summed E-state index contributed by atoms with van der Waals surface area (Å²) in [5.41, 5.74) is 6.56. The van der Waals surface area contributed by atoms with Crippen LogP contribution in [-0.2, 0) is 0 Å². The molecule has 0 saturated heterocycles. The Balaban J connectivity index is 2.21. The van der Waals surface area contributed by atoms with E-state index in [9.17, 15) is 9.59 Å². The molecule has 0 aliphatic rings. The average molecular weight is 260 g/mol. The highest BCUT2D eigenvalue weighted by atomic mass is 16.5. The number of rotatable bonds is 4. The molecule has 0 amide bonds. The lowest BCUT2D eigenvalue weighted by atomic mass is 10.0. The van der Waals surface area contributed by atoms with Crippen LogP contribution in [0.3, 0.4) is 0 Å². The minimum Gasteiger partial charge on any atom is -0.496 e. The topological polar surface area (TPSA) is 81.4 Å². The summed E-state index contributed by atoms with van der Waals surface area (Å²) in [5.74, 6) is 0.810. The smallest absolute Gasteiger partial charge is 0.253 e. The van der Waals surface area contributed by atoms with E-state index in [-0.39, 0.29) is 17.4 Å². The zero-order valence-electron chi connectivity index (χ0n) is 11.1. The fraction of sp³-hybridized carbons (Fsp3) is 0.286. The van der Waals surface area contributed by atoms with Crippen molar-refractivity contribution in [1.29, 1.82) is 0 Å². The van der Waals surface area contributed by atoms with Crippen molar-refractivity contribution < 1.29 is 4.74 Å². The summed E-state index contributed by atoms with van der Waals surface area (Å²) in [6.07, 6.45) is 0. The maximum absolute atomic E-state index is 11.3. The van der Waals surface area contributed by atoms with Crippen LogP contribution in [0.25, 0.3) is 0 Å². The van der Waals surface area contributed by atoms with Gasteiger partial charge in [-0.1, -0.05) is 12.1 Å². The van der Waals surface area contributed by atoms with Crippen LogP contribution < -0.4 is 26.6 Å². The zero-order chi connectivity index (χ0) is 14.2. The molecule has 0 heterocycles. The van der Waals surface area contributed by atoms with E-state index in [4.69, 9.17) is 10.5 Å². The van der Waals surface area contributed by atoms with Crippen molar-refractivity contribution in [3.8, 4) is 5.75 Å². The lowest BCUT2D eigenvalue weighted by Crippen LogP contribution is -2.37. The third-order valence-electron chi connectivity index (χ3n) is 3.23. The second-order valence-corrected chi connectivity index (χ2v) is 4.54. The third kappa shape index (κ3) is 2.19. The van der Waals surface area contributed by atoms with Crippen LogP contribution in [0.4, 0.5) is 11.4 Å². The normalized spacial score (nSPS) is 12.4. The van der Waals surface area contributed by atoms with Gasteiger partial charge in [0.2, 0.25) is 0 Å². The van der Waals surface area contributed by atoms with Gasteiger partial charge in [0.1, 0.15) is 17.1 Å². The summed E-state index contributed by atoms with van der Waals surface area (Å²) in [5, 5.41) is 2.97. The van der Waals surface area contributed by atoms with E-state index in [0.29, 0.717) is 0 Å². The Kier molecular flexibility index (Phi) is 3.29. The van der Waals surface area contributed by atoms with E-state index in [1.54, 1.807) is 7.11 Å². The Morgan fingerprint density at radius 2 is 1.95 bits per heavy atom. The predicted octanol–water partition coefficient (Wildman–Crippen LogP) is 1.35. The number of anilines is 2. The minimum atomic E-state index is -0.611. The molecular formula is C14H16N2O3. The molecule has 3 N–H and O–H groups in total. The molecule has 0 aliphatic carbocycles. The van der Waals surface area contributed by atoms with Gasteiger partial charge >= 0.3 is 0 Å². The number of hydrogen-bond acceptors (Lipinski definition) is 5. The van der Waals surface area contributed by atoms with Crippen LogP contribution in [0.5, 0.6) is 5.75 Å². The van der Waals surface area contributed by atoms with Gasteiger partial charge in [-0.2, -0.15) is 0 Å². The number of hydrogen-bond donors (Lipinski definition) is 2. The first-order chi connectivity index (χ1) is 8.95. The first kappa shape index (κ1) is 13.1. The monoisotopic (exact) mass is 260 g/mol. The van der Waals surface area contributed by atoms with Crippen LogP contribution in [0.1, 0.15) is 24.1 Å². The van der Waals surface area contributed by atoms with Crippen molar-refractivity contribution in [3.05, 3.63) is 49.8 Å². The quantitative estimate of drug-likeness (QED) is 0.811. The van der Waals surface area contributed by atoms with Gasteiger partial charge in [-0.15, -0.1) is 0 Å². The first-order valence-corrected chi connectivity index (χ1v) is 5.95. The predicted molar refractivity (Wildman–Crippen MR) is 75.5 cm³/mol. The molecule has 5 nitrogen and oxygen atoms in total. The molecule has 0 aromatic heterocycles. The van der Waals surface area contributed by atoms with Crippen molar-refractivity contribution in [1.82, 2.24) is 0 Å². The number of ether oxygens (including phenoxy) is 1. The van der Waals surface area contributed by atoms with Crippen LogP contribution >= 0.6 is 0 Å². The number of nitrogens with two attached hydrogens (primary N) is 1. The third-order valence-corrected chi connectivity index (χ3v) is 3.23. The van der Waals surface area contributed by atoms with Crippen molar-refractivity contribution in [3.63, 3.8) is 0 Å². The average Bonchev–Trinajstić information content (AvgIpc) is 2.43. The van der Waals surface area contributed by atoms with Gasteiger partial charge in [0.05, 0.1) is 7.11 Å². The molecule has 19 heavy (non-hydrogen) atoms. The van der Waals surface area contributed by atoms with Crippen LogP contribution in [0, 0.1) is 6.92 Å². The lowest BCUT2D eigenvalue weighted by molar-refractivity contribution is 0.411. The number of aryl methyl sites for hydroxylation is 1. The molecule has 1 atom stereocenters. The summed E-state index contributed by atoms with van der Waals surface area (Å²) < 4.78 is 5.19. The summed E-state index contributed by atoms with van der Waals surface area (Å²) in [7, 11) is 1.62. The van der Waals surface area contributed by atoms with Crippen molar-refractivity contribution in [2.45, 2.75) is 19.9 Å². The van der Waals surface area contributed by atoms with Gasteiger partial charge in [-0.25, -0.2) is 0 Å². The van der Waals surface area contributed by atoms with E-state index in [1.165, 1.54) is 0 Å². The SMILES string of the molecule is COc1ccc([C@@H](C)Nc2c(N)c(=O)c2=O)cc1C. The standard InChI is InChI=1S/C14H16N2O3/c1-7-6-9(4-5-10(7)19-3)8(2)16-12-11(15)13(17)14(12)18/h4-6,8,16H,15H2,1-3H3/t8-/m1/s1. The van der Waals surface area contributed by atoms with Gasteiger partial charge in [0.25, 0.3) is 10.9 Å². The fourth-order valence-electron chi connectivity index (χ4n) is 2.02. The highest BCUT2D eigenvalue weighted by Crippen LogP contribution is 2.25. The zero-order valence-corrected chi connectivity index (χ0v) is 11.1. The molecule has 0 bridgehead atoms. The van der Waals surface area contributed by atoms with Crippen molar-refractivity contribution >= 4 is 11.4 Å². The Hall–Kier alpha value is -2.30. The number of benzene rings is 1. The maximum Gasteiger partial charge on any atom is 0.253 e. The van der Waals surface area contributed by atoms with E-state index in [0.717, 1.165) is 16.9 Å². The van der Waals surface area contributed by atoms with Crippen LogP contribution in [-0.4, -0.2) is 7.11 Å². The highest BCUT2D eigenvalue weighted by Gasteiger charge is 2.20. The Morgan fingerprint density at radius 3 is 2.47 bits per heavy atom. The lowest BCUT2D eigenvalue weighted by Gasteiger charge is -2.18. The molecule has 2 aromatic carbocycles. The summed E-state index contributed by atoms with van der Waals surface area (Å²) in [6.45, 7) is 3.85. The second-order valence-electron chi connectivity index (χ2n) is 4.54.